The van der Waals surface area contributed by atoms with Crippen molar-refractivity contribution in [1.82, 2.24) is 14.7 Å². The highest BCUT2D eigenvalue weighted by atomic mass is 32.2. The van der Waals surface area contributed by atoms with Crippen LogP contribution in [0.2, 0.25) is 0 Å². The van der Waals surface area contributed by atoms with Gasteiger partial charge in [0.2, 0.25) is 10.0 Å². The first kappa shape index (κ1) is 18.1. The predicted molar refractivity (Wildman–Crippen MR) is 97.1 cm³/mol. The Morgan fingerprint density at radius 2 is 1.79 bits per heavy atom. The predicted octanol–water partition coefficient (Wildman–Crippen LogP) is 2.25. The topological polar surface area (TPSA) is 75.2 Å². The largest absolute Gasteiger partial charge is 0.363 e. The van der Waals surface area contributed by atoms with Gasteiger partial charge in [-0.1, -0.05) is 29.8 Å². The van der Waals surface area contributed by atoms with Gasteiger partial charge in [-0.3, -0.25) is 0 Å². The number of hydrogen-bond acceptors (Lipinski definition) is 5. The van der Waals surface area contributed by atoms with E-state index >= 15 is 0 Å². The number of benzene rings is 1. The summed E-state index contributed by atoms with van der Waals surface area (Å²) >= 11 is 0. The van der Waals surface area contributed by atoms with Crippen LogP contribution in [-0.2, 0) is 16.6 Å². The van der Waals surface area contributed by atoms with Gasteiger partial charge in [0.25, 0.3) is 0 Å². The summed E-state index contributed by atoms with van der Waals surface area (Å²) in [6.07, 6.45) is 1.56. The molecule has 7 heteroatoms. The van der Waals surface area contributed by atoms with E-state index in [0.717, 1.165) is 28.0 Å². The summed E-state index contributed by atoms with van der Waals surface area (Å²) in [6, 6.07) is 9.45. The van der Waals surface area contributed by atoms with Crippen LogP contribution in [0, 0.1) is 13.8 Å². The van der Waals surface area contributed by atoms with E-state index in [0.29, 0.717) is 5.82 Å². The second kappa shape index (κ2) is 7.55. The molecule has 0 aliphatic heterocycles. The Kier molecular flexibility index (Phi) is 5.69. The van der Waals surface area contributed by atoms with E-state index in [9.17, 15) is 8.42 Å². The smallest absolute Gasteiger partial charge is 0.234 e. The molecular formula is C17H22N4O2S. The zero-order valence-corrected chi connectivity index (χ0v) is 15.1. The van der Waals surface area contributed by atoms with E-state index in [1.54, 1.807) is 6.08 Å². The molecule has 24 heavy (non-hydrogen) atoms. The number of nitrogens with zero attached hydrogens (tertiary/aromatic N) is 3. The molecule has 0 fully saturated rings. The fourth-order valence-corrected chi connectivity index (χ4v) is 2.74. The third kappa shape index (κ3) is 5.43. The SMILES string of the molecule is Cc1ccc(/C=C/S(=O)(=O)NCc2nc(C)cc(N(C)C)n2)cc1. The first-order valence-corrected chi connectivity index (χ1v) is 9.06. The van der Waals surface area contributed by atoms with Gasteiger partial charge in [-0.25, -0.2) is 23.1 Å². The molecule has 1 heterocycles. The Labute approximate surface area is 143 Å². The molecule has 1 N–H and O–H groups in total. The van der Waals surface area contributed by atoms with Gasteiger partial charge in [-0.05, 0) is 25.5 Å². The number of anilines is 1. The van der Waals surface area contributed by atoms with E-state index in [-0.39, 0.29) is 6.54 Å². The molecule has 1 aromatic heterocycles. The highest BCUT2D eigenvalue weighted by Crippen LogP contribution is 2.10. The molecule has 0 radical (unpaired) electrons. The fourth-order valence-electron chi connectivity index (χ4n) is 1.98. The van der Waals surface area contributed by atoms with Gasteiger partial charge < -0.3 is 4.90 Å². The minimum atomic E-state index is -3.56. The summed E-state index contributed by atoms with van der Waals surface area (Å²) in [7, 11) is 0.192. The van der Waals surface area contributed by atoms with Crippen LogP contribution < -0.4 is 9.62 Å². The van der Waals surface area contributed by atoms with Crippen molar-refractivity contribution in [3.8, 4) is 0 Å². The number of aromatic nitrogens is 2. The Balaban J connectivity index is 2.06. The van der Waals surface area contributed by atoms with E-state index in [1.807, 2.05) is 63.2 Å². The lowest BCUT2D eigenvalue weighted by Gasteiger charge is -2.13. The number of rotatable bonds is 6. The monoisotopic (exact) mass is 346 g/mol. The first-order valence-electron chi connectivity index (χ1n) is 7.51. The third-order valence-corrected chi connectivity index (χ3v) is 4.33. The molecule has 0 bridgehead atoms. The van der Waals surface area contributed by atoms with Gasteiger partial charge in [0.05, 0.1) is 6.54 Å². The zero-order chi connectivity index (χ0) is 17.7. The molecule has 2 rings (SSSR count). The number of sulfonamides is 1. The molecule has 0 unspecified atom stereocenters. The van der Waals surface area contributed by atoms with Gasteiger partial charge >= 0.3 is 0 Å². The summed E-state index contributed by atoms with van der Waals surface area (Å²) in [5.41, 5.74) is 2.74. The summed E-state index contributed by atoms with van der Waals surface area (Å²) in [5.74, 6) is 1.18. The molecule has 1 aromatic carbocycles. The van der Waals surface area contributed by atoms with E-state index in [4.69, 9.17) is 0 Å². The summed E-state index contributed by atoms with van der Waals surface area (Å²) in [5, 5.41) is 1.15. The lowest BCUT2D eigenvalue weighted by molar-refractivity contribution is 0.588. The average molecular weight is 346 g/mol. The van der Waals surface area contributed by atoms with Crippen LogP contribution in [0.5, 0.6) is 0 Å². The second-order valence-corrected chi connectivity index (χ2v) is 7.41. The zero-order valence-electron chi connectivity index (χ0n) is 14.3. The van der Waals surface area contributed by atoms with Crippen molar-refractivity contribution in [2.75, 3.05) is 19.0 Å². The van der Waals surface area contributed by atoms with Crippen molar-refractivity contribution in [2.45, 2.75) is 20.4 Å². The molecule has 0 aliphatic rings. The lowest BCUT2D eigenvalue weighted by atomic mass is 10.2. The molecule has 0 saturated heterocycles. The number of hydrogen-bond donors (Lipinski definition) is 1. The summed E-state index contributed by atoms with van der Waals surface area (Å²) < 4.78 is 26.7. The number of aryl methyl sites for hydroxylation is 2. The molecule has 0 spiro atoms. The quantitative estimate of drug-likeness (QED) is 0.868. The first-order chi connectivity index (χ1) is 11.2. The molecular weight excluding hydrogens is 324 g/mol. The van der Waals surface area contributed by atoms with Crippen molar-refractivity contribution in [3.05, 3.63) is 58.4 Å². The highest BCUT2D eigenvalue weighted by molar-refractivity contribution is 7.92. The molecule has 128 valence electrons. The maximum atomic E-state index is 12.1. The van der Waals surface area contributed by atoms with Crippen LogP contribution in [0.1, 0.15) is 22.6 Å². The molecule has 6 nitrogen and oxygen atoms in total. The van der Waals surface area contributed by atoms with Crippen molar-refractivity contribution < 1.29 is 8.42 Å². The van der Waals surface area contributed by atoms with E-state index in [1.165, 1.54) is 0 Å². The second-order valence-electron chi connectivity index (χ2n) is 5.76. The fraction of sp³-hybridized carbons (Fsp3) is 0.294. The molecule has 0 atom stereocenters. The Morgan fingerprint density at radius 1 is 1.12 bits per heavy atom. The van der Waals surface area contributed by atoms with Gasteiger partial charge in [0, 0.05) is 31.3 Å². The summed E-state index contributed by atoms with van der Waals surface area (Å²) in [6.45, 7) is 3.88. The minimum Gasteiger partial charge on any atom is -0.363 e. The van der Waals surface area contributed by atoms with Crippen LogP contribution >= 0.6 is 0 Å². The van der Waals surface area contributed by atoms with Gasteiger partial charge in [0.15, 0.2) is 0 Å². The Hall–Kier alpha value is -2.25. The van der Waals surface area contributed by atoms with Gasteiger partial charge in [-0.2, -0.15) is 0 Å². The Bertz CT molecular complexity index is 828. The van der Waals surface area contributed by atoms with Crippen molar-refractivity contribution in [2.24, 2.45) is 0 Å². The number of nitrogens with one attached hydrogen (secondary N) is 1. The van der Waals surface area contributed by atoms with Crippen LogP contribution in [-0.4, -0.2) is 32.5 Å². The van der Waals surface area contributed by atoms with Crippen LogP contribution in [0.4, 0.5) is 5.82 Å². The van der Waals surface area contributed by atoms with E-state index in [2.05, 4.69) is 14.7 Å². The van der Waals surface area contributed by atoms with Crippen molar-refractivity contribution in [3.63, 3.8) is 0 Å². The highest BCUT2D eigenvalue weighted by Gasteiger charge is 2.09. The third-order valence-electron chi connectivity index (χ3n) is 3.29. The summed E-state index contributed by atoms with van der Waals surface area (Å²) in [4.78, 5) is 10.4. The average Bonchev–Trinajstić information content (AvgIpc) is 2.52. The van der Waals surface area contributed by atoms with Crippen LogP contribution in [0.25, 0.3) is 6.08 Å². The van der Waals surface area contributed by atoms with Crippen LogP contribution in [0.3, 0.4) is 0 Å². The lowest BCUT2D eigenvalue weighted by Crippen LogP contribution is -2.23. The Morgan fingerprint density at radius 3 is 2.42 bits per heavy atom. The molecule has 0 amide bonds. The maximum Gasteiger partial charge on any atom is 0.234 e. The molecule has 0 saturated carbocycles. The minimum absolute atomic E-state index is 0.0447. The van der Waals surface area contributed by atoms with Gasteiger partial charge in [0.1, 0.15) is 11.6 Å². The van der Waals surface area contributed by atoms with Crippen molar-refractivity contribution in [1.29, 1.82) is 0 Å². The maximum absolute atomic E-state index is 12.1. The standard InChI is InChI=1S/C17H22N4O2S/c1-13-5-7-15(8-6-13)9-10-24(22,23)18-12-16-19-14(2)11-17(20-16)21(3)4/h5-11,18H,12H2,1-4H3/b10-9+. The normalized spacial score (nSPS) is 11.8. The molecule has 2 aromatic rings. The van der Waals surface area contributed by atoms with Crippen molar-refractivity contribution >= 4 is 21.9 Å². The van der Waals surface area contributed by atoms with E-state index < -0.39 is 10.0 Å². The van der Waals surface area contributed by atoms with Gasteiger partial charge in [-0.15, -0.1) is 0 Å². The van der Waals surface area contributed by atoms with Crippen LogP contribution in [0.15, 0.2) is 35.7 Å². The molecule has 0 aliphatic carbocycles.